The molecule has 3 rings (SSSR count). The lowest BCUT2D eigenvalue weighted by Crippen LogP contribution is -2.41. The Balaban J connectivity index is 1.81. The highest BCUT2D eigenvalue weighted by molar-refractivity contribution is 5.90. The van der Waals surface area contributed by atoms with Crippen molar-refractivity contribution >= 4 is 11.6 Å². The first-order valence-corrected chi connectivity index (χ1v) is 8.03. The number of nitrogens with zero attached hydrogens (tertiary/aromatic N) is 2. The third kappa shape index (κ3) is 4.35. The molecule has 27 heavy (non-hydrogen) atoms. The first kappa shape index (κ1) is 18.2. The Hall–Kier alpha value is -3.55. The van der Waals surface area contributed by atoms with Crippen LogP contribution >= 0.6 is 0 Å². The molecule has 1 N–H and O–H groups in total. The zero-order valence-electron chi connectivity index (χ0n) is 14.1. The molecule has 0 fully saturated rings. The molecular weight excluding hydrogens is 356 g/mol. The maximum absolute atomic E-state index is 13.6. The number of rotatable bonds is 5. The van der Waals surface area contributed by atoms with Crippen LogP contribution in [0.1, 0.15) is 5.56 Å². The molecule has 0 saturated carbocycles. The first-order chi connectivity index (χ1) is 12.9. The van der Waals surface area contributed by atoms with Crippen LogP contribution in [0.4, 0.5) is 14.5 Å². The summed E-state index contributed by atoms with van der Waals surface area (Å²) < 4.78 is 28.6. The number of hydrogen-bond donors (Lipinski definition) is 1. The van der Waals surface area contributed by atoms with Gasteiger partial charge in [-0.25, -0.2) is 13.6 Å². The standard InChI is InChI=1S/C19H15F2N3O3/c20-14-6-7-16(15(21)10-14)22-17(25)12-24-18(26)8-9-23(19(24)27)11-13-4-2-1-3-5-13/h1-10H,11-12H2,(H,22,25). The maximum Gasteiger partial charge on any atom is 0.331 e. The molecule has 1 amide bonds. The van der Waals surface area contributed by atoms with Gasteiger partial charge < -0.3 is 5.32 Å². The van der Waals surface area contributed by atoms with Gasteiger partial charge in [-0.15, -0.1) is 0 Å². The molecule has 138 valence electrons. The zero-order chi connectivity index (χ0) is 19.4. The van der Waals surface area contributed by atoms with Gasteiger partial charge in [-0.05, 0) is 17.7 Å². The van der Waals surface area contributed by atoms with Crippen LogP contribution < -0.4 is 16.6 Å². The number of hydrogen-bond acceptors (Lipinski definition) is 3. The van der Waals surface area contributed by atoms with Gasteiger partial charge in [-0.3, -0.25) is 18.7 Å². The van der Waals surface area contributed by atoms with E-state index in [1.165, 1.54) is 16.8 Å². The minimum atomic E-state index is -0.953. The largest absolute Gasteiger partial charge is 0.331 e. The van der Waals surface area contributed by atoms with Crippen molar-refractivity contribution in [3.63, 3.8) is 0 Å². The van der Waals surface area contributed by atoms with Crippen LogP contribution in [0, 0.1) is 11.6 Å². The van der Waals surface area contributed by atoms with Gasteiger partial charge in [0.05, 0.1) is 12.2 Å². The molecule has 3 aromatic rings. The normalized spacial score (nSPS) is 10.6. The van der Waals surface area contributed by atoms with Crippen molar-refractivity contribution in [1.82, 2.24) is 9.13 Å². The first-order valence-electron chi connectivity index (χ1n) is 8.03. The maximum atomic E-state index is 13.6. The van der Waals surface area contributed by atoms with Crippen LogP contribution in [0.5, 0.6) is 0 Å². The van der Waals surface area contributed by atoms with Crippen LogP contribution in [0.3, 0.4) is 0 Å². The topological polar surface area (TPSA) is 73.1 Å². The van der Waals surface area contributed by atoms with Crippen molar-refractivity contribution in [2.45, 2.75) is 13.1 Å². The molecule has 0 spiro atoms. The Labute approximate surface area is 152 Å². The summed E-state index contributed by atoms with van der Waals surface area (Å²) >= 11 is 0. The van der Waals surface area contributed by atoms with E-state index in [2.05, 4.69) is 5.32 Å². The van der Waals surface area contributed by atoms with E-state index in [0.717, 1.165) is 22.3 Å². The molecule has 6 nitrogen and oxygen atoms in total. The highest BCUT2D eigenvalue weighted by atomic mass is 19.1. The summed E-state index contributed by atoms with van der Waals surface area (Å²) in [7, 11) is 0. The third-order valence-electron chi connectivity index (χ3n) is 3.84. The quantitative estimate of drug-likeness (QED) is 0.745. The lowest BCUT2D eigenvalue weighted by Gasteiger charge is -2.11. The van der Waals surface area contributed by atoms with E-state index in [-0.39, 0.29) is 12.2 Å². The van der Waals surface area contributed by atoms with Gasteiger partial charge in [0.15, 0.2) is 0 Å². The summed E-state index contributed by atoms with van der Waals surface area (Å²) in [5.74, 6) is -2.52. The minimum Gasteiger partial charge on any atom is -0.322 e. The molecule has 0 atom stereocenters. The van der Waals surface area contributed by atoms with Crippen molar-refractivity contribution in [3.8, 4) is 0 Å². The summed E-state index contributed by atoms with van der Waals surface area (Å²) in [5.41, 5.74) is -0.710. The van der Waals surface area contributed by atoms with E-state index in [1.807, 2.05) is 30.3 Å². The molecule has 1 heterocycles. The Kier molecular flexibility index (Phi) is 5.25. The second-order valence-electron chi connectivity index (χ2n) is 5.81. The Morgan fingerprint density at radius 1 is 1.00 bits per heavy atom. The van der Waals surface area contributed by atoms with Crippen LogP contribution in [0.2, 0.25) is 0 Å². The number of nitrogens with one attached hydrogen (secondary N) is 1. The fourth-order valence-electron chi connectivity index (χ4n) is 2.53. The molecule has 0 aliphatic carbocycles. The van der Waals surface area contributed by atoms with Crippen molar-refractivity contribution < 1.29 is 13.6 Å². The Morgan fingerprint density at radius 2 is 1.74 bits per heavy atom. The SMILES string of the molecule is O=C(Cn1c(=O)ccn(Cc2ccccc2)c1=O)Nc1ccc(F)cc1F. The van der Waals surface area contributed by atoms with Crippen molar-refractivity contribution in [2.75, 3.05) is 5.32 Å². The summed E-state index contributed by atoms with van der Waals surface area (Å²) in [6.07, 6.45) is 1.35. The van der Waals surface area contributed by atoms with Gasteiger partial charge in [0.2, 0.25) is 5.91 Å². The molecule has 0 unspecified atom stereocenters. The molecule has 8 heteroatoms. The van der Waals surface area contributed by atoms with Gasteiger partial charge in [-0.2, -0.15) is 0 Å². The van der Waals surface area contributed by atoms with Gasteiger partial charge in [0.25, 0.3) is 5.56 Å². The smallest absolute Gasteiger partial charge is 0.322 e. The van der Waals surface area contributed by atoms with E-state index < -0.39 is 35.3 Å². The fraction of sp³-hybridized carbons (Fsp3) is 0.105. The van der Waals surface area contributed by atoms with E-state index in [9.17, 15) is 23.2 Å². The molecule has 0 aliphatic heterocycles. The van der Waals surface area contributed by atoms with Gasteiger partial charge in [-0.1, -0.05) is 30.3 Å². The number of carbonyl (C=O) groups is 1. The summed E-state index contributed by atoms with van der Waals surface area (Å²) in [6, 6.07) is 13.0. The average Bonchev–Trinajstić information content (AvgIpc) is 2.64. The predicted octanol–water partition coefficient (Wildman–Crippen LogP) is 1.98. The second-order valence-corrected chi connectivity index (χ2v) is 5.81. The summed E-state index contributed by atoms with van der Waals surface area (Å²) in [5, 5.41) is 2.22. The predicted molar refractivity (Wildman–Crippen MR) is 95.5 cm³/mol. The second kappa shape index (κ2) is 7.77. The summed E-state index contributed by atoms with van der Waals surface area (Å²) in [6.45, 7) is -0.363. The minimum absolute atomic E-state index is 0.230. The highest BCUT2D eigenvalue weighted by Gasteiger charge is 2.12. The number of halogens is 2. The lowest BCUT2D eigenvalue weighted by atomic mass is 10.2. The monoisotopic (exact) mass is 371 g/mol. The van der Waals surface area contributed by atoms with Gasteiger partial charge in [0.1, 0.15) is 18.2 Å². The fourth-order valence-corrected chi connectivity index (χ4v) is 2.53. The number of carbonyl (C=O) groups excluding carboxylic acids is 1. The van der Waals surface area contributed by atoms with Gasteiger partial charge >= 0.3 is 5.69 Å². The van der Waals surface area contributed by atoms with E-state index in [4.69, 9.17) is 0 Å². The third-order valence-corrected chi connectivity index (χ3v) is 3.84. The lowest BCUT2D eigenvalue weighted by molar-refractivity contribution is -0.116. The highest BCUT2D eigenvalue weighted by Crippen LogP contribution is 2.14. The molecule has 0 saturated heterocycles. The molecule has 0 aliphatic rings. The number of amides is 1. The number of anilines is 1. The van der Waals surface area contributed by atoms with E-state index in [1.54, 1.807) is 0 Å². The van der Waals surface area contributed by atoms with Crippen LogP contribution in [0.25, 0.3) is 0 Å². The molecular formula is C19H15F2N3O3. The number of aromatic nitrogens is 2. The zero-order valence-corrected chi connectivity index (χ0v) is 14.1. The summed E-state index contributed by atoms with van der Waals surface area (Å²) in [4.78, 5) is 36.6. The molecule has 2 aromatic carbocycles. The van der Waals surface area contributed by atoms with Crippen LogP contribution in [0.15, 0.2) is 70.4 Å². The Morgan fingerprint density at radius 3 is 2.44 bits per heavy atom. The van der Waals surface area contributed by atoms with Crippen LogP contribution in [-0.2, 0) is 17.9 Å². The van der Waals surface area contributed by atoms with Crippen molar-refractivity contribution in [2.24, 2.45) is 0 Å². The average molecular weight is 371 g/mol. The van der Waals surface area contributed by atoms with E-state index in [0.29, 0.717) is 6.07 Å². The van der Waals surface area contributed by atoms with Gasteiger partial charge in [0, 0.05) is 18.3 Å². The molecule has 1 aromatic heterocycles. The van der Waals surface area contributed by atoms with Crippen LogP contribution in [-0.4, -0.2) is 15.0 Å². The van der Waals surface area contributed by atoms with E-state index >= 15 is 0 Å². The van der Waals surface area contributed by atoms with Crippen molar-refractivity contribution in [1.29, 1.82) is 0 Å². The Bertz CT molecular complexity index is 1090. The number of benzene rings is 2. The molecule has 0 bridgehead atoms. The van der Waals surface area contributed by atoms with Crippen molar-refractivity contribution in [3.05, 3.63) is 98.8 Å². The molecule has 0 radical (unpaired) electrons.